The normalized spacial score (nSPS) is 10.3. The van der Waals surface area contributed by atoms with Crippen LogP contribution in [0.2, 0.25) is 0 Å². The molecular weight excluding hydrogens is 350 g/mol. The molecule has 0 unspecified atom stereocenters. The Hall–Kier alpha value is -3.55. The fourth-order valence-electron chi connectivity index (χ4n) is 2.43. The van der Waals surface area contributed by atoms with Gasteiger partial charge in [0.1, 0.15) is 5.75 Å². The topological polar surface area (TPSA) is 95.7 Å². The molecule has 8 nitrogen and oxygen atoms in total. The molecule has 0 bridgehead atoms. The minimum atomic E-state index is -0.294. The van der Waals surface area contributed by atoms with Gasteiger partial charge in [0.2, 0.25) is 11.8 Å². The lowest BCUT2D eigenvalue weighted by Gasteiger charge is -2.09. The molecule has 1 heterocycles. The van der Waals surface area contributed by atoms with Gasteiger partial charge in [-0.1, -0.05) is 6.07 Å². The Bertz CT molecular complexity index is 939. The molecule has 0 fully saturated rings. The van der Waals surface area contributed by atoms with E-state index < -0.39 is 0 Å². The Kier molecular flexibility index (Phi) is 5.55. The summed E-state index contributed by atoms with van der Waals surface area (Å²) in [4.78, 5) is 12.3. The molecule has 0 aliphatic carbocycles. The van der Waals surface area contributed by atoms with Crippen LogP contribution in [0.4, 0.5) is 0 Å². The highest BCUT2D eigenvalue weighted by atomic mass is 16.5. The Morgan fingerprint density at radius 1 is 1.00 bits per heavy atom. The summed E-state index contributed by atoms with van der Waals surface area (Å²) >= 11 is 0. The molecule has 0 spiro atoms. The van der Waals surface area contributed by atoms with Gasteiger partial charge in [0.05, 0.1) is 27.9 Å². The summed E-state index contributed by atoms with van der Waals surface area (Å²) < 4.78 is 21.1. The molecule has 0 aliphatic rings. The molecule has 0 radical (unpaired) electrons. The van der Waals surface area contributed by atoms with E-state index in [0.29, 0.717) is 34.6 Å². The molecule has 27 heavy (non-hydrogen) atoms. The Labute approximate surface area is 156 Å². The summed E-state index contributed by atoms with van der Waals surface area (Å²) in [6, 6.07) is 12.2. The van der Waals surface area contributed by atoms with Crippen LogP contribution in [0.15, 0.2) is 46.9 Å². The first-order valence-electron chi connectivity index (χ1n) is 8.11. The predicted molar refractivity (Wildman–Crippen MR) is 97.0 cm³/mol. The zero-order valence-corrected chi connectivity index (χ0v) is 15.2. The van der Waals surface area contributed by atoms with Gasteiger partial charge in [-0.05, 0) is 36.4 Å². The van der Waals surface area contributed by atoms with E-state index in [9.17, 15) is 4.79 Å². The zero-order chi connectivity index (χ0) is 19.2. The van der Waals surface area contributed by atoms with Gasteiger partial charge < -0.3 is 23.9 Å². The van der Waals surface area contributed by atoms with Gasteiger partial charge in [-0.3, -0.25) is 4.79 Å². The third-order valence-corrected chi connectivity index (χ3v) is 3.83. The average Bonchev–Trinajstić information content (AvgIpc) is 3.20. The molecule has 1 amide bonds. The van der Waals surface area contributed by atoms with Crippen molar-refractivity contribution in [3.63, 3.8) is 0 Å². The average molecular weight is 369 g/mol. The number of carbonyl (C=O) groups is 1. The molecular formula is C19H19N3O5. The minimum Gasteiger partial charge on any atom is -0.497 e. The van der Waals surface area contributed by atoms with Crippen LogP contribution in [-0.2, 0) is 6.54 Å². The van der Waals surface area contributed by atoms with Crippen LogP contribution in [0, 0.1) is 0 Å². The van der Waals surface area contributed by atoms with Crippen molar-refractivity contribution in [3.8, 4) is 28.7 Å². The Morgan fingerprint density at radius 3 is 2.56 bits per heavy atom. The number of nitrogens with one attached hydrogen (secondary N) is 1. The quantitative estimate of drug-likeness (QED) is 0.684. The molecule has 1 N–H and O–H groups in total. The van der Waals surface area contributed by atoms with Crippen LogP contribution >= 0.6 is 0 Å². The highest BCUT2D eigenvalue weighted by Crippen LogP contribution is 2.27. The monoisotopic (exact) mass is 369 g/mol. The lowest BCUT2D eigenvalue weighted by atomic mass is 10.2. The number of methoxy groups -OCH3 is 3. The van der Waals surface area contributed by atoms with E-state index in [-0.39, 0.29) is 12.5 Å². The lowest BCUT2D eigenvalue weighted by molar-refractivity contribution is 0.0947. The first-order chi connectivity index (χ1) is 13.1. The first-order valence-corrected chi connectivity index (χ1v) is 8.11. The maximum absolute atomic E-state index is 12.3. The molecule has 8 heteroatoms. The van der Waals surface area contributed by atoms with Crippen molar-refractivity contribution < 1.29 is 23.4 Å². The van der Waals surface area contributed by atoms with Crippen LogP contribution in [0.25, 0.3) is 11.5 Å². The molecule has 3 aromatic rings. The van der Waals surface area contributed by atoms with Gasteiger partial charge in [0.25, 0.3) is 5.91 Å². The second kappa shape index (κ2) is 8.22. The lowest BCUT2D eigenvalue weighted by Crippen LogP contribution is -2.23. The summed E-state index contributed by atoms with van der Waals surface area (Å²) in [5.41, 5.74) is 1.17. The molecule has 140 valence electrons. The number of hydrogen-bond donors (Lipinski definition) is 1. The highest BCUT2D eigenvalue weighted by Gasteiger charge is 2.13. The van der Waals surface area contributed by atoms with Crippen molar-refractivity contribution in [2.24, 2.45) is 0 Å². The number of aromatic nitrogens is 2. The van der Waals surface area contributed by atoms with Crippen LogP contribution in [-0.4, -0.2) is 37.4 Å². The van der Waals surface area contributed by atoms with Crippen molar-refractivity contribution in [3.05, 3.63) is 53.9 Å². The molecule has 1 aromatic heterocycles. The standard InChI is InChI=1S/C19H19N3O5/c1-24-14-6-4-5-13(9-14)19-22-21-17(27-19)11-20-18(23)12-7-8-15(25-2)16(10-12)26-3/h4-10H,11H2,1-3H3,(H,20,23). The van der Waals surface area contributed by atoms with Crippen LogP contribution in [0.5, 0.6) is 17.2 Å². The second-order valence-electron chi connectivity index (χ2n) is 5.49. The number of ether oxygens (including phenoxy) is 3. The maximum Gasteiger partial charge on any atom is 0.251 e. The SMILES string of the molecule is COc1cccc(-c2nnc(CNC(=O)c3ccc(OC)c(OC)c3)o2)c1. The summed E-state index contributed by atoms with van der Waals surface area (Å²) in [5, 5.41) is 10.7. The molecule has 0 aliphatic heterocycles. The smallest absolute Gasteiger partial charge is 0.251 e. The maximum atomic E-state index is 12.3. The van der Waals surface area contributed by atoms with Gasteiger partial charge in [-0.15, -0.1) is 10.2 Å². The highest BCUT2D eigenvalue weighted by molar-refractivity contribution is 5.94. The molecule has 0 atom stereocenters. The summed E-state index contributed by atoms with van der Waals surface area (Å²) in [7, 11) is 4.63. The Morgan fingerprint density at radius 2 is 1.81 bits per heavy atom. The van der Waals surface area contributed by atoms with E-state index in [1.165, 1.54) is 14.2 Å². The van der Waals surface area contributed by atoms with Crippen molar-refractivity contribution >= 4 is 5.91 Å². The summed E-state index contributed by atoms with van der Waals surface area (Å²) in [6.45, 7) is 0.101. The number of amides is 1. The second-order valence-corrected chi connectivity index (χ2v) is 5.49. The molecule has 0 saturated heterocycles. The molecule has 3 rings (SSSR count). The summed E-state index contributed by atoms with van der Waals surface area (Å²) in [6.07, 6.45) is 0. The van der Waals surface area contributed by atoms with Gasteiger partial charge in [0, 0.05) is 11.1 Å². The van der Waals surface area contributed by atoms with Gasteiger partial charge in [-0.25, -0.2) is 0 Å². The third kappa shape index (κ3) is 4.17. The first kappa shape index (κ1) is 18.2. The number of rotatable bonds is 7. The number of carbonyl (C=O) groups excluding carboxylic acids is 1. The van der Waals surface area contributed by atoms with E-state index in [1.54, 1.807) is 31.4 Å². The van der Waals surface area contributed by atoms with Crippen molar-refractivity contribution in [1.82, 2.24) is 15.5 Å². The summed E-state index contributed by atoms with van der Waals surface area (Å²) in [5.74, 6) is 2.06. The fourth-order valence-corrected chi connectivity index (χ4v) is 2.43. The van der Waals surface area contributed by atoms with Crippen LogP contribution < -0.4 is 19.5 Å². The number of benzene rings is 2. The number of hydrogen-bond acceptors (Lipinski definition) is 7. The van der Waals surface area contributed by atoms with E-state index in [4.69, 9.17) is 18.6 Å². The van der Waals surface area contributed by atoms with E-state index in [1.807, 2.05) is 18.2 Å². The van der Waals surface area contributed by atoms with Crippen molar-refractivity contribution in [2.75, 3.05) is 21.3 Å². The van der Waals surface area contributed by atoms with E-state index in [2.05, 4.69) is 15.5 Å². The van der Waals surface area contributed by atoms with Gasteiger partial charge in [-0.2, -0.15) is 0 Å². The van der Waals surface area contributed by atoms with Crippen molar-refractivity contribution in [2.45, 2.75) is 6.54 Å². The molecule has 0 saturated carbocycles. The van der Waals surface area contributed by atoms with Gasteiger partial charge >= 0.3 is 0 Å². The largest absolute Gasteiger partial charge is 0.497 e. The minimum absolute atomic E-state index is 0.101. The van der Waals surface area contributed by atoms with E-state index in [0.717, 1.165) is 5.56 Å². The third-order valence-electron chi connectivity index (χ3n) is 3.83. The molecule has 2 aromatic carbocycles. The fraction of sp³-hybridized carbons (Fsp3) is 0.211. The zero-order valence-electron chi connectivity index (χ0n) is 15.2. The van der Waals surface area contributed by atoms with Crippen LogP contribution in [0.3, 0.4) is 0 Å². The van der Waals surface area contributed by atoms with E-state index >= 15 is 0 Å². The Balaban J connectivity index is 1.67. The van der Waals surface area contributed by atoms with Crippen LogP contribution in [0.1, 0.15) is 16.2 Å². The van der Waals surface area contributed by atoms with Crippen molar-refractivity contribution in [1.29, 1.82) is 0 Å². The van der Waals surface area contributed by atoms with Gasteiger partial charge in [0.15, 0.2) is 11.5 Å². The predicted octanol–water partition coefficient (Wildman–Crippen LogP) is 2.69. The number of nitrogens with zero attached hydrogens (tertiary/aromatic N) is 2.